The van der Waals surface area contributed by atoms with E-state index in [1.165, 1.54) is 16.5 Å². The number of hydrogen-bond acceptors (Lipinski definition) is 3. The second kappa shape index (κ2) is 6.60. The fraction of sp³-hybridized carbons (Fsp3) is 0.150. The minimum atomic E-state index is -0.238. The third-order valence-electron chi connectivity index (χ3n) is 4.48. The van der Waals surface area contributed by atoms with Gasteiger partial charge in [0.05, 0.1) is 11.8 Å². The number of fused-ring (bicyclic) bond motifs is 1. The molecule has 4 aromatic rings. The van der Waals surface area contributed by atoms with Gasteiger partial charge < -0.3 is 19.4 Å². The molecule has 0 aliphatic carbocycles. The van der Waals surface area contributed by atoms with Crippen LogP contribution in [0.4, 0.5) is 5.82 Å². The summed E-state index contributed by atoms with van der Waals surface area (Å²) < 4.78 is 3.04. The predicted molar refractivity (Wildman–Crippen MR) is 105 cm³/mol. The van der Waals surface area contributed by atoms with Crippen molar-refractivity contribution in [1.82, 2.24) is 19.1 Å². The maximum absolute atomic E-state index is 12.4. The highest BCUT2D eigenvalue weighted by molar-refractivity contribution is 5.91. The Morgan fingerprint density at radius 2 is 1.93 bits per heavy atom. The molecule has 0 aliphatic heterocycles. The molecule has 0 saturated heterocycles. The van der Waals surface area contributed by atoms with E-state index < -0.39 is 0 Å². The van der Waals surface area contributed by atoms with Crippen molar-refractivity contribution >= 4 is 22.8 Å². The molecular formula is C20H19N5O2. The Labute approximate surface area is 155 Å². The lowest BCUT2D eigenvalue weighted by Gasteiger charge is -2.06. The SMILES string of the molecule is Cc1ccc(-c2ccc(NC(=O)Cn3cnc4ccn(C)c(=O)c43)[nH]2)cc1. The number of H-pyrrole nitrogens is 1. The molecule has 0 aliphatic rings. The van der Waals surface area contributed by atoms with Crippen molar-refractivity contribution in [3.63, 3.8) is 0 Å². The van der Waals surface area contributed by atoms with Gasteiger partial charge in [0.2, 0.25) is 5.91 Å². The Kier molecular flexibility index (Phi) is 4.12. The second-order valence-corrected chi connectivity index (χ2v) is 6.54. The number of amides is 1. The number of aromatic amines is 1. The lowest BCUT2D eigenvalue weighted by Crippen LogP contribution is -2.23. The molecule has 0 spiro atoms. The van der Waals surface area contributed by atoms with Crippen LogP contribution in [0.2, 0.25) is 0 Å². The lowest BCUT2D eigenvalue weighted by molar-refractivity contribution is -0.116. The Morgan fingerprint density at radius 1 is 1.15 bits per heavy atom. The Balaban J connectivity index is 1.51. The number of aromatic nitrogens is 4. The summed E-state index contributed by atoms with van der Waals surface area (Å²) in [5.41, 5.74) is 3.98. The molecule has 136 valence electrons. The standard InChI is InChI=1S/C20H19N5O2/c1-13-3-5-14(6-4-13)15-7-8-17(22-15)23-18(26)11-25-12-21-16-9-10-24(2)20(27)19(16)25/h3-10,12,22H,11H2,1-2H3,(H,23,26). The molecular weight excluding hydrogens is 342 g/mol. The van der Waals surface area contributed by atoms with Gasteiger partial charge in [0, 0.05) is 18.9 Å². The third kappa shape index (κ3) is 3.27. The van der Waals surface area contributed by atoms with E-state index in [4.69, 9.17) is 0 Å². The molecule has 0 radical (unpaired) electrons. The van der Waals surface area contributed by atoms with Gasteiger partial charge in [0.1, 0.15) is 17.9 Å². The summed E-state index contributed by atoms with van der Waals surface area (Å²) >= 11 is 0. The second-order valence-electron chi connectivity index (χ2n) is 6.54. The topological polar surface area (TPSA) is 84.7 Å². The van der Waals surface area contributed by atoms with Gasteiger partial charge in [-0.15, -0.1) is 0 Å². The van der Waals surface area contributed by atoms with Crippen molar-refractivity contribution in [1.29, 1.82) is 0 Å². The maximum Gasteiger partial charge on any atom is 0.276 e. The van der Waals surface area contributed by atoms with Gasteiger partial charge in [0.15, 0.2) is 0 Å². The fourth-order valence-corrected chi connectivity index (χ4v) is 3.00. The normalized spacial score (nSPS) is 11.0. The van der Waals surface area contributed by atoms with Gasteiger partial charge in [-0.2, -0.15) is 0 Å². The molecule has 3 aromatic heterocycles. The van der Waals surface area contributed by atoms with E-state index in [1.807, 2.05) is 43.3 Å². The number of imidazole rings is 1. The summed E-state index contributed by atoms with van der Waals surface area (Å²) in [5, 5.41) is 2.83. The van der Waals surface area contributed by atoms with Crippen LogP contribution in [-0.4, -0.2) is 25.0 Å². The Bertz CT molecular complexity index is 1180. The van der Waals surface area contributed by atoms with Crippen molar-refractivity contribution in [2.45, 2.75) is 13.5 Å². The minimum absolute atomic E-state index is 0.00857. The quantitative estimate of drug-likeness (QED) is 0.586. The number of pyridine rings is 1. The first-order valence-electron chi connectivity index (χ1n) is 8.57. The van der Waals surface area contributed by atoms with E-state index in [2.05, 4.69) is 15.3 Å². The average molecular weight is 361 g/mol. The zero-order valence-corrected chi connectivity index (χ0v) is 15.1. The molecule has 0 unspecified atom stereocenters. The molecule has 0 saturated carbocycles. The molecule has 0 fully saturated rings. The summed E-state index contributed by atoms with van der Waals surface area (Å²) in [6.45, 7) is 2.05. The van der Waals surface area contributed by atoms with Crippen LogP contribution >= 0.6 is 0 Å². The van der Waals surface area contributed by atoms with Crippen LogP contribution < -0.4 is 10.9 Å². The largest absolute Gasteiger partial charge is 0.341 e. The van der Waals surface area contributed by atoms with E-state index in [-0.39, 0.29) is 18.0 Å². The van der Waals surface area contributed by atoms with Crippen LogP contribution in [0.5, 0.6) is 0 Å². The van der Waals surface area contributed by atoms with E-state index in [0.717, 1.165) is 11.3 Å². The van der Waals surface area contributed by atoms with Crippen molar-refractivity contribution in [2.24, 2.45) is 7.05 Å². The first-order valence-corrected chi connectivity index (χ1v) is 8.57. The van der Waals surface area contributed by atoms with Crippen LogP contribution in [-0.2, 0) is 18.4 Å². The number of carbonyl (C=O) groups is 1. The molecule has 27 heavy (non-hydrogen) atoms. The van der Waals surface area contributed by atoms with Gasteiger partial charge in [-0.05, 0) is 30.7 Å². The molecule has 7 nitrogen and oxygen atoms in total. The highest BCUT2D eigenvalue weighted by Gasteiger charge is 2.12. The minimum Gasteiger partial charge on any atom is -0.341 e. The first kappa shape index (κ1) is 16.8. The lowest BCUT2D eigenvalue weighted by atomic mass is 10.1. The summed E-state index contributed by atoms with van der Waals surface area (Å²) in [6, 6.07) is 13.6. The molecule has 0 atom stereocenters. The zero-order chi connectivity index (χ0) is 19.0. The third-order valence-corrected chi connectivity index (χ3v) is 4.48. The number of rotatable bonds is 4. The van der Waals surface area contributed by atoms with Gasteiger partial charge >= 0.3 is 0 Å². The molecule has 3 heterocycles. The summed E-state index contributed by atoms with van der Waals surface area (Å²) in [7, 11) is 1.67. The maximum atomic E-state index is 12.4. The van der Waals surface area contributed by atoms with E-state index in [9.17, 15) is 9.59 Å². The fourth-order valence-electron chi connectivity index (χ4n) is 3.00. The summed E-state index contributed by atoms with van der Waals surface area (Å²) in [5.74, 6) is 0.366. The number of benzene rings is 1. The molecule has 1 amide bonds. The summed E-state index contributed by atoms with van der Waals surface area (Å²) in [6.07, 6.45) is 3.17. The van der Waals surface area contributed by atoms with E-state index >= 15 is 0 Å². The number of anilines is 1. The van der Waals surface area contributed by atoms with Crippen molar-refractivity contribution < 1.29 is 4.79 Å². The number of aryl methyl sites for hydroxylation is 2. The van der Waals surface area contributed by atoms with Crippen molar-refractivity contribution in [3.8, 4) is 11.3 Å². The van der Waals surface area contributed by atoms with Crippen molar-refractivity contribution in [3.05, 3.63) is 70.9 Å². The molecule has 0 bridgehead atoms. The van der Waals surface area contributed by atoms with Crippen LogP contribution in [0.15, 0.2) is 59.8 Å². The van der Waals surface area contributed by atoms with Crippen LogP contribution in [0.3, 0.4) is 0 Å². The molecule has 7 heteroatoms. The summed E-state index contributed by atoms with van der Waals surface area (Å²) in [4.78, 5) is 32.1. The zero-order valence-electron chi connectivity index (χ0n) is 15.1. The smallest absolute Gasteiger partial charge is 0.276 e. The molecule has 2 N–H and O–H groups in total. The van der Waals surface area contributed by atoms with Gasteiger partial charge in [-0.25, -0.2) is 4.98 Å². The van der Waals surface area contributed by atoms with Crippen LogP contribution in [0.25, 0.3) is 22.3 Å². The van der Waals surface area contributed by atoms with Crippen molar-refractivity contribution in [2.75, 3.05) is 5.32 Å². The van der Waals surface area contributed by atoms with E-state index in [0.29, 0.717) is 16.9 Å². The van der Waals surface area contributed by atoms with Crippen LogP contribution in [0.1, 0.15) is 5.56 Å². The number of nitrogens with zero attached hydrogens (tertiary/aromatic N) is 3. The van der Waals surface area contributed by atoms with Gasteiger partial charge in [0.25, 0.3) is 5.56 Å². The Morgan fingerprint density at radius 3 is 2.70 bits per heavy atom. The molecule has 4 rings (SSSR count). The monoisotopic (exact) mass is 361 g/mol. The van der Waals surface area contributed by atoms with Crippen LogP contribution in [0, 0.1) is 6.92 Å². The highest BCUT2D eigenvalue weighted by Crippen LogP contribution is 2.21. The first-order chi connectivity index (χ1) is 13.0. The van der Waals surface area contributed by atoms with Gasteiger partial charge in [-0.1, -0.05) is 29.8 Å². The molecule has 1 aromatic carbocycles. The number of carbonyl (C=O) groups excluding carboxylic acids is 1. The van der Waals surface area contributed by atoms with E-state index in [1.54, 1.807) is 23.9 Å². The highest BCUT2D eigenvalue weighted by atomic mass is 16.2. The number of hydrogen-bond donors (Lipinski definition) is 2. The number of nitrogens with one attached hydrogen (secondary N) is 2. The Hall–Kier alpha value is -3.61. The predicted octanol–water partition coefficient (Wildman–Crippen LogP) is 2.68. The average Bonchev–Trinajstić information content (AvgIpc) is 3.26. The van der Waals surface area contributed by atoms with Gasteiger partial charge in [-0.3, -0.25) is 9.59 Å².